The molecule has 0 saturated carbocycles. The quantitative estimate of drug-likeness (QED) is 0.812. The molecule has 1 fully saturated rings. The first kappa shape index (κ1) is 15.2. The number of hydrogen-bond donors (Lipinski definition) is 1. The number of anilines is 1. The molecule has 0 bridgehead atoms. The summed E-state index contributed by atoms with van der Waals surface area (Å²) in [6.07, 6.45) is 0.842. The monoisotopic (exact) mass is 300 g/mol. The van der Waals surface area contributed by atoms with Gasteiger partial charge in [0.1, 0.15) is 0 Å². The van der Waals surface area contributed by atoms with E-state index in [1.165, 1.54) is 7.11 Å². The third-order valence-corrected chi connectivity index (χ3v) is 4.10. The van der Waals surface area contributed by atoms with Gasteiger partial charge >= 0.3 is 5.97 Å². The summed E-state index contributed by atoms with van der Waals surface area (Å²) in [6.45, 7) is 3.41. The number of thiazole rings is 1. The van der Waals surface area contributed by atoms with Crippen LogP contribution in [0, 0.1) is 0 Å². The number of aliphatic hydroxyl groups excluding tert-OH is 1. The minimum absolute atomic E-state index is 0.0153. The zero-order valence-electron chi connectivity index (χ0n) is 11.7. The van der Waals surface area contributed by atoms with E-state index in [0.717, 1.165) is 17.4 Å². The molecule has 1 aliphatic rings. The Labute approximate surface area is 122 Å². The highest BCUT2D eigenvalue weighted by molar-refractivity contribution is 7.13. The molecule has 0 aliphatic carbocycles. The van der Waals surface area contributed by atoms with Gasteiger partial charge in [-0.25, -0.2) is 4.98 Å². The summed E-state index contributed by atoms with van der Waals surface area (Å²) in [7, 11) is 1.39. The molecule has 1 aliphatic heterocycles. The Morgan fingerprint density at radius 3 is 3.15 bits per heavy atom. The summed E-state index contributed by atoms with van der Waals surface area (Å²) in [5, 5.41) is 12.1. The first-order chi connectivity index (χ1) is 9.62. The van der Waals surface area contributed by atoms with Crippen molar-refractivity contribution in [2.45, 2.75) is 32.0 Å². The highest BCUT2D eigenvalue weighted by Gasteiger charge is 2.26. The van der Waals surface area contributed by atoms with Gasteiger partial charge in [-0.2, -0.15) is 0 Å². The zero-order valence-corrected chi connectivity index (χ0v) is 12.6. The Hall–Kier alpha value is -1.18. The summed E-state index contributed by atoms with van der Waals surface area (Å²) in [4.78, 5) is 17.8. The van der Waals surface area contributed by atoms with Crippen LogP contribution < -0.4 is 4.90 Å². The first-order valence-electron chi connectivity index (χ1n) is 6.65. The molecule has 6 nitrogen and oxygen atoms in total. The molecular formula is C13H20N2O4S. The molecule has 0 amide bonds. The molecule has 20 heavy (non-hydrogen) atoms. The molecule has 2 unspecified atom stereocenters. The van der Waals surface area contributed by atoms with Crippen LogP contribution in [0.3, 0.4) is 0 Å². The number of nitrogens with zero attached hydrogens (tertiary/aromatic N) is 2. The van der Waals surface area contributed by atoms with Crippen LogP contribution in [0.4, 0.5) is 5.13 Å². The highest BCUT2D eigenvalue weighted by Crippen LogP contribution is 2.25. The van der Waals surface area contributed by atoms with E-state index in [1.54, 1.807) is 11.3 Å². The number of rotatable bonds is 5. The highest BCUT2D eigenvalue weighted by atomic mass is 32.1. The van der Waals surface area contributed by atoms with E-state index in [9.17, 15) is 9.90 Å². The van der Waals surface area contributed by atoms with Gasteiger partial charge in [0.25, 0.3) is 0 Å². The second kappa shape index (κ2) is 7.01. The number of carbonyl (C=O) groups is 1. The zero-order chi connectivity index (χ0) is 14.5. The van der Waals surface area contributed by atoms with Crippen molar-refractivity contribution >= 4 is 22.4 Å². The fraction of sp³-hybridized carbons (Fsp3) is 0.692. The molecule has 7 heteroatoms. The average molecular weight is 300 g/mol. The van der Waals surface area contributed by atoms with Crippen LogP contribution in [0.5, 0.6) is 0 Å². The summed E-state index contributed by atoms with van der Waals surface area (Å²) in [5.41, 5.74) is 0.898. The second-order valence-electron chi connectivity index (χ2n) is 4.85. The van der Waals surface area contributed by atoms with Crippen molar-refractivity contribution in [3.8, 4) is 0 Å². The number of aromatic nitrogens is 1. The fourth-order valence-electron chi connectivity index (χ4n) is 2.19. The van der Waals surface area contributed by atoms with Crippen molar-refractivity contribution < 1.29 is 19.4 Å². The van der Waals surface area contributed by atoms with Crippen LogP contribution in [-0.4, -0.2) is 55.1 Å². The van der Waals surface area contributed by atoms with E-state index < -0.39 is 0 Å². The maximum atomic E-state index is 11.1. The largest absolute Gasteiger partial charge is 0.469 e. The van der Waals surface area contributed by atoms with Gasteiger partial charge in [0.2, 0.25) is 0 Å². The molecule has 112 valence electrons. The van der Waals surface area contributed by atoms with Gasteiger partial charge in [-0.1, -0.05) is 0 Å². The van der Waals surface area contributed by atoms with Crippen molar-refractivity contribution in [1.29, 1.82) is 0 Å². The third kappa shape index (κ3) is 3.91. The Kier molecular flexibility index (Phi) is 5.33. The maximum absolute atomic E-state index is 11.1. The van der Waals surface area contributed by atoms with Gasteiger partial charge in [0.15, 0.2) is 5.13 Å². The summed E-state index contributed by atoms with van der Waals surface area (Å²) >= 11 is 1.56. The van der Waals surface area contributed by atoms with Gasteiger partial charge in [-0.15, -0.1) is 11.3 Å². The minimum Gasteiger partial charge on any atom is -0.469 e. The first-order valence-corrected chi connectivity index (χ1v) is 7.52. The van der Waals surface area contributed by atoms with E-state index in [2.05, 4.69) is 14.6 Å². The van der Waals surface area contributed by atoms with Crippen LogP contribution in [0.25, 0.3) is 0 Å². The molecule has 1 saturated heterocycles. The van der Waals surface area contributed by atoms with Crippen molar-refractivity contribution in [2.75, 3.05) is 31.7 Å². The predicted molar refractivity (Wildman–Crippen MR) is 76.1 cm³/mol. The average Bonchev–Trinajstić information content (AvgIpc) is 2.92. The molecule has 1 aromatic rings. The lowest BCUT2D eigenvalue weighted by Crippen LogP contribution is -2.48. The SMILES string of the molecule is COC(=O)CCc1csc(N2CC(C)OC(CO)C2)n1. The molecule has 1 aromatic heterocycles. The maximum Gasteiger partial charge on any atom is 0.305 e. The van der Waals surface area contributed by atoms with Gasteiger partial charge in [0, 0.05) is 24.9 Å². The summed E-state index contributed by atoms with van der Waals surface area (Å²) in [6, 6.07) is 0. The van der Waals surface area contributed by atoms with Crippen LogP contribution in [0.1, 0.15) is 19.0 Å². The van der Waals surface area contributed by atoms with E-state index in [1.807, 2.05) is 12.3 Å². The number of hydrogen-bond acceptors (Lipinski definition) is 7. The molecular weight excluding hydrogens is 280 g/mol. The second-order valence-corrected chi connectivity index (χ2v) is 5.69. The number of morpholine rings is 1. The predicted octanol–water partition coefficient (Wildman–Crippen LogP) is 0.835. The number of esters is 1. The van der Waals surface area contributed by atoms with Gasteiger partial charge in [-0.05, 0) is 6.92 Å². The molecule has 2 atom stereocenters. The lowest BCUT2D eigenvalue weighted by molar-refractivity contribution is -0.140. The molecule has 0 spiro atoms. The van der Waals surface area contributed by atoms with E-state index >= 15 is 0 Å². The summed E-state index contributed by atoms with van der Waals surface area (Å²) < 4.78 is 10.2. The summed E-state index contributed by atoms with van der Waals surface area (Å²) in [5.74, 6) is -0.222. The Bertz CT molecular complexity index is 451. The molecule has 2 heterocycles. The van der Waals surface area contributed by atoms with Gasteiger partial charge in [0.05, 0.1) is 38.0 Å². The van der Waals surface area contributed by atoms with Crippen LogP contribution in [-0.2, 0) is 20.7 Å². The van der Waals surface area contributed by atoms with Crippen molar-refractivity contribution in [2.24, 2.45) is 0 Å². The lowest BCUT2D eigenvalue weighted by Gasteiger charge is -2.35. The number of aryl methyl sites for hydroxylation is 1. The van der Waals surface area contributed by atoms with Crippen LogP contribution in [0.15, 0.2) is 5.38 Å². The number of methoxy groups -OCH3 is 1. The van der Waals surface area contributed by atoms with E-state index in [-0.39, 0.29) is 24.8 Å². The molecule has 0 radical (unpaired) electrons. The van der Waals surface area contributed by atoms with E-state index in [0.29, 0.717) is 19.4 Å². The standard InChI is InChI=1S/C13H20N2O4S/c1-9-5-15(6-11(7-16)19-9)13-14-10(8-20-13)3-4-12(17)18-2/h8-9,11,16H,3-7H2,1-2H3. The molecule has 0 aromatic carbocycles. The van der Waals surface area contributed by atoms with Gasteiger partial charge in [-0.3, -0.25) is 4.79 Å². The van der Waals surface area contributed by atoms with Gasteiger partial charge < -0.3 is 19.5 Å². The van der Waals surface area contributed by atoms with Crippen LogP contribution in [0.2, 0.25) is 0 Å². The van der Waals surface area contributed by atoms with Crippen molar-refractivity contribution in [1.82, 2.24) is 4.98 Å². The van der Waals surface area contributed by atoms with Crippen molar-refractivity contribution in [3.63, 3.8) is 0 Å². The normalized spacial score (nSPS) is 22.9. The smallest absolute Gasteiger partial charge is 0.305 e. The molecule has 2 rings (SSSR count). The number of aliphatic hydroxyl groups is 1. The Morgan fingerprint density at radius 1 is 1.65 bits per heavy atom. The fourth-order valence-corrected chi connectivity index (χ4v) is 3.07. The lowest BCUT2D eigenvalue weighted by atomic mass is 10.2. The van der Waals surface area contributed by atoms with Crippen LogP contribution >= 0.6 is 11.3 Å². The Morgan fingerprint density at radius 2 is 2.45 bits per heavy atom. The minimum atomic E-state index is -0.222. The van der Waals surface area contributed by atoms with E-state index in [4.69, 9.17) is 4.74 Å². The topological polar surface area (TPSA) is 71.9 Å². The van der Waals surface area contributed by atoms with Crippen molar-refractivity contribution in [3.05, 3.63) is 11.1 Å². The number of ether oxygens (including phenoxy) is 2. The molecule has 1 N–H and O–H groups in total. The number of carbonyl (C=O) groups excluding carboxylic acids is 1. The Balaban J connectivity index is 1.95. The third-order valence-electron chi connectivity index (χ3n) is 3.15.